The van der Waals surface area contributed by atoms with Crippen molar-refractivity contribution in [2.45, 2.75) is 25.3 Å². The lowest BCUT2D eigenvalue weighted by Crippen LogP contribution is -2.35. The first-order valence-corrected chi connectivity index (χ1v) is 9.27. The van der Waals surface area contributed by atoms with Crippen LogP contribution in [0.25, 0.3) is 11.0 Å². The number of nitrogens with one attached hydrogen (secondary N) is 2. The number of aromatic nitrogens is 6. The SMILES string of the molecule is O=C(NCCCc1nc2ccccc2[nH]1)C(Cc1ccccc1)n1cnnn1. The second kappa shape index (κ2) is 8.43. The Kier molecular flexibility index (Phi) is 5.37. The molecule has 142 valence electrons. The Bertz CT molecular complexity index is 994. The Morgan fingerprint density at radius 2 is 1.93 bits per heavy atom. The minimum atomic E-state index is -0.483. The third-order valence-corrected chi connectivity index (χ3v) is 4.59. The van der Waals surface area contributed by atoms with Gasteiger partial charge in [-0.3, -0.25) is 4.79 Å². The number of rotatable bonds is 8. The van der Waals surface area contributed by atoms with Crippen LogP contribution < -0.4 is 5.32 Å². The zero-order valence-corrected chi connectivity index (χ0v) is 15.3. The van der Waals surface area contributed by atoms with Crippen molar-refractivity contribution < 1.29 is 4.79 Å². The summed E-state index contributed by atoms with van der Waals surface area (Å²) in [4.78, 5) is 20.6. The number of fused-ring (bicyclic) bond motifs is 1. The number of amides is 1. The van der Waals surface area contributed by atoms with Crippen molar-refractivity contribution in [2.24, 2.45) is 0 Å². The topological polar surface area (TPSA) is 101 Å². The lowest BCUT2D eigenvalue weighted by Gasteiger charge is -2.16. The van der Waals surface area contributed by atoms with Gasteiger partial charge in [0.1, 0.15) is 18.2 Å². The minimum Gasteiger partial charge on any atom is -0.354 e. The second-order valence-electron chi connectivity index (χ2n) is 6.59. The molecule has 28 heavy (non-hydrogen) atoms. The molecule has 1 amide bonds. The van der Waals surface area contributed by atoms with Crippen LogP contribution in [0.1, 0.15) is 23.9 Å². The Labute approximate surface area is 162 Å². The standard InChI is InChI=1S/C20H21N7O/c28-20(18(27-14-22-25-26-27)13-15-7-2-1-3-8-15)21-12-6-11-19-23-16-9-4-5-10-17(16)24-19/h1-5,7-10,14,18H,6,11-13H2,(H,21,28)(H,23,24). The van der Waals surface area contributed by atoms with Gasteiger partial charge < -0.3 is 10.3 Å². The van der Waals surface area contributed by atoms with Gasteiger partial charge in [-0.1, -0.05) is 42.5 Å². The van der Waals surface area contributed by atoms with E-state index in [0.29, 0.717) is 13.0 Å². The van der Waals surface area contributed by atoms with Crippen LogP contribution in [0.3, 0.4) is 0 Å². The van der Waals surface area contributed by atoms with Crippen LogP contribution in [0.2, 0.25) is 0 Å². The zero-order chi connectivity index (χ0) is 19.2. The molecule has 0 aliphatic heterocycles. The summed E-state index contributed by atoms with van der Waals surface area (Å²) < 4.78 is 1.50. The van der Waals surface area contributed by atoms with Gasteiger partial charge in [0.2, 0.25) is 5.91 Å². The predicted octanol–water partition coefficient (Wildman–Crippen LogP) is 2.08. The maximum absolute atomic E-state index is 12.7. The predicted molar refractivity (Wildman–Crippen MR) is 104 cm³/mol. The molecule has 4 rings (SSSR count). The molecule has 0 aliphatic rings. The number of carbonyl (C=O) groups excluding carboxylic acids is 1. The summed E-state index contributed by atoms with van der Waals surface area (Å²) in [5.41, 5.74) is 3.05. The normalized spacial score (nSPS) is 12.1. The fourth-order valence-electron chi connectivity index (χ4n) is 3.16. The van der Waals surface area contributed by atoms with E-state index in [-0.39, 0.29) is 5.91 Å². The highest BCUT2D eigenvalue weighted by Crippen LogP contribution is 2.14. The van der Waals surface area contributed by atoms with E-state index in [1.807, 2.05) is 54.6 Å². The zero-order valence-electron chi connectivity index (χ0n) is 15.3. The number of imidazole rings is 1. The van der Waals surface area contributed by atoms with Gasteiger partial charge in [-0.15, -0.1) is 5.10 Å². The monoisotopic (exact) mass is 375 g/mol. The van der Waals surface area contributed by atoms with Crippen LogP contribution >= 0.6 is 0 Å². The molecular weight excluding hydrogens is 354 g/mol. The number of aromatic amines is 1. The average molecular weight is 375 g/mol. The molecule has 4 aromatic rings. The van der Waals surface area contributed by atoms with Crippen molar-refractivity contribution in [1.82, 2.24) is 35.5 Å². The van der Waals surface area contributed by atoms with Gasteiger partial charge in [0.05, 0.1) is 11.0 Å². The molecule has 0 saturated heterocycles. The lowest BCUT2D eigenvalue weighted by atomic mass is 10.1. The molecule has 0 aliphatic carbocycles. The summed E-state index contributed by atoms with van der Waals surface area (Å²) in [5, 5.41) is 14.2. The van der Waals surface area contributed by atoms with Gasteiger partial charge in [-0.25, -0.2) is 9.67 Å². The van der Waals surface area contributed by atoms with Crippen LogP contribution in [0.15, 0.2) is 60.9 Å². The minimum absolute atomic E-state index is 0.0965. The smallest absolute Gasteiger partial charge is 0.245 e. The molecule has 1 unspecified atom stereocenters. The van der Waals surface area contributed by atoms with E-state index >= 15 is 0 Å². The molecule has 2 heterocycles. The van der Waals surface area contributed by atoms with Gasteiger partial charge in [-0.2, -0.15) is 0 Å². The van der Waals surface area contributed by atoms with E-state index in [1.165, 1.54) is 11.0 Å². The number of benzene rings is 2. The van der Waals surface area contributed by atoms with E-state index in [2.05, 4.69) is 30.8 Å². The summed E-state index contributed by atoms with van der Waals surface area (Å²) in [6.45, 7) is 0.559. The number of para-hydroxylation sites is 2. The fraction of sp³-hybridized carbons (Fsp3) is 0.250. The van der Waals surface area contributed by atoms with Crippen molar-refractivity contribution in [3.05, 3.63) is 72.3 Å². The number of aryl methyl sites for hydroxylation is 1. The van der Waals surface area contributed by atoms with Crippen molar-refractivity contribution in [1.29, 1.82) is 0 Å². The molecular formula is C20H21N7O. The highest BCUT2D eigenvalue weighted by atomic mass is 16.2. The Hall–Kier alpha value is -3.55. The van der Waals surface area contributed by atoms with Gasteiger partial charge in [0, 0.05) is 19.4 Å². The average Bonchev–Trinajstić information content (AvgIpc) is 3.39. The van der Waals surface area contributed by atoms with Crippen LogP contribution in [-0.4, -0.2) is 42.6 Å². The first-order chi connectivity index (χ1) is 13.8. The number of hydrogen-bond donors (Lipinski definition) is 2. The van der Waals surface area contributed by atoms with E-state index in [0.717, 1.165) is 35.3 Å². The van der Waals surface area contributed by atoms with Crippen molar-refractivity contribution in [2.75, 3.05) is 6.54 Å². The molecule has 2 aromatic carbocycles. The molecule has 0 bridgehead atoms. The third-order valence-electron chi connectivity index (χ3n) is 4.59. The maximum atomic E-state index is 12.7. The largest absolute Gasteiger partial charge is 0.354 e. The van der Waals surface area contributed by atoms with Crippen molar-refractivity contribution in [3.63, 3.8) is 0 Å². The van der Waals surface area contributed by atoms with Gasteiger partial charge in [0.25, 0.3) is 0 Å². The highest BCUT2D eigenvalue weighted by molar-refractivity contribution is 5.80. The Morgan fingerprint density at radius 1 is 1.11 bits per heavy atom. The van der Waals surface area contributed by atoms with Gasteiger partial charge in [0.15, 0.2) is 0 Å². The molecule has 0 fully saturated rings. The number of hydrogen-bond acceptors (Lipinski definition) is 5. The molecule has 2 aromatic heterocycles. The van der Waals surface area contributed by atoms with Crippen molar-refractivity contribution in [3.8, 4) is 0 Å². The van der Waals surface area contributed by atoms with Gasteiger partial charge in [-0.05, 0) is 34.5 Å². The van der Waals surface area contributed by atoms with Crippen LogP contribution in [0, 0.1) is 0 Å². The first kappa shape index (κ1) is 17.8. The Balaban J connectivity index is 1.33. The van der Waals surface area contributed by atoms with E-state index in [9.17, 15) is 4.79 Å². The first-order valence-electron chi connectivity index (χ1n) is 9.27. The second-order valence-corrected chi connectivity index (χ2v) is 6.59. The van der Waals surface area contributed by atoms with E-state index in [1.54, 1.807) is 0 Å². The summed E-state index contributed by atoms with van der Waals surface area (Å²) in [7, 11) is 0. The number of H-pyrrole nitrogens is 1. The van der Waals surface area contributed by atoms with Crippen LogP contribution in [0.4, 0.5) is 0 Å². The molecule has 0 saturated carbocycles. The molecule has 8 heteroatoms. The lowest BCUT2D eigenvalue weighted by molar-refractivity contribution is -0.124. The van der Waals surface area contributed by atoms with Gasteiger partial charge >= 0.3 is 0 Å². The number of tetrazole rings is 1. The third kappa shape index (κ3) is 4.22. The van der Waals surface area contributed by atoms with Crippen LogP contribution in [0.5, 0.6) is 0 Å². The summed E-state index contributed by atoms with van der Waals surface area (Å²) in [6.07, 6.45) is 3.56. The Morgan fingerprint density at radius 3 is 2.71 bits per heavy atom. The summed E-state index contributed by atoms with van der Waals surface area (Å²) in [5.74, 6) is 0.831. The van der Waals surface area contributed by atoms with Crippen molar-refractivity contribution >= 4 is 16.9 Å². The van der Waals surface area contributed by atoms with E-state index in [4.69, 9.17) is 0 Å². The molecule has 0 radical (unpaired) electrons. The molecule has 1 atom stereocenters. The summed E-state index contributed by atoms with van der Waals surface area (Å²) in [6, 6.07) is 17.3. The summed E-state index contributed by atoms with van der Waals surface area (Å²) >= 11 is 0. The van der Waals surface area contributed by atoms with Crippen LogP contribution in [-0.2, 0) is 17.6 Å². The number of nitrogens with zero attached hydrogens (tertiary/aromatic N) is 5. The molecule has 0 spiro atoms. The highest BCUT2D eigenvalue weighted by Gasteiger charge is 2.21. The van der Waals surface area contributed by atoms with E-state index < -0.39 is 6.04 Å². The molecule has 8 nitrogen and oxygen atoms in total. The number of carbonyl (C=O) groups is 1. The molecule has 2 N–H and O–H groups in total. The quantitative estimate of drug-likeness (QED) is 0.459. The maximum Gasteiger partial charge on any atom is 0.245 e. The fourth-order valence-corrected chi connectivity index (χ4v) is 3.16.